The lowest BCUT2D eigenvalue weighted by molar-refractivity contribution is -0.140. The minimum absolute atomic E-state index is 0.126. The van der Waals surface area contributed by atoms with Gasteiger partial charge in [-0.05, 0) is 36.6 Å². The van der Waals surface area contributed by atoms with Crippen molar-refractivity contribution in [2.24, 2.45) is 5.92 Å². The summed E-state index contributed by atoms with van der Waals surface area (Å²) in [7, 11) is 0. The summed E-state index contributed by atoms with van der Waals surface area (Å²) >= 11 is 0. The molecule has 116 valence electrons. The predicted molar refractivity (Wildman–Crippen MR) is 83.0 cm³/mol. The quantitative estimate of drug-likeness (QED) is 0.718. The molecule has 1 aliphatic heterocycles. The van der Waals surface area contributed by atoms with Gasteiger partial charge in [-0.3, -0.25) is 4.79 Å². The Bertz CT molecular complexity index is 490. The van der Waals surface area contributed by atoms with Crippen LogP contribution in [0.3, 0.4) is 0 Å². The van der Waals surface area contributed by atoms with Gasteiger partial charge in [0.2, 0.25) is 0 Å². The average molecular weight is 292 g/mol. The summed E-state index contributed by atoms with van der Waals surface area (Å²) in [6, 6.07) is 5.61. The van der Waals surface area contributed by atoms with Gasteiger partial charge < -0.3 is 20.5 Å². The zero-order valence-electron chi connectivity index (χ0n) is 12.7. The van der Waals surface area contributed by atoms with Crippen LogP contribution in [0.4, 0.5) is 5.69 Å². The zero-order chi connectivity index (χ0) is 15.2. The van der Waals surface area contributed by atoms with Crippen molar-refractivity contribution in [2.75, 3.05) is 25.0 Å². The molecule has 1 aromatic carbocycles. The van der Waals surface area contributed by atoms with Crippen LogP contribution in [-0.2, 0) is 11.2 Å². The molecule has 21 heavy (non-hydrogen) atoms. The number of fused-ring (bicyclic) bond motifs is 1. The van der Waals surface area contributed by atoms with Crippen LogP contribution in [0, 0.1) is 5.92 Å². The fourth-order valence-corrected chi connectivity index (χ4v) is 2.48. The molecule has 0 radical (unpaired) electrons. The lowest BCUT2D eigenvalue weighted by Crippen LogP contribution is -2.42. The first kappa shape index (κ1) is 15.6. The van der Waals surface area contributed by atoms with Crippen molar-refractivity contribution in [2.45, 2.75) is 32.7 Å². The van der Waals surface area contributed by atoms with Gasteiger partial charge in [0.05, 0.1) is 5.69 Å². The number of carboxylic acid groups (broad SMARTS) is 1. The smallest absolute Gasteiger partial charge is 0.320 e. The average Bonchev–Trinajstić information content (AvgIpc) is 2.50. The van der Waals surface area contributed by atoms with E-state index in [-0.39, 0.29) is 5.92 Å². The Morgan fingerprint density at radius 1 is 1.52 bits per heavy atom. The summed E-state index contributed by atoms with van der Waals surface area (Å²) in [4.78, 5) is 11.2. The first-order valence-corrected chi connectivity index (χ1v) is 7.57. The minimum Gasteiger partial charge on any atom is -0.490 e. The molecule has 5 nitrogen and oxygen atoms in total. The molecule has 0 aromatic heterocycles. The number of hydrogen-bond donors (Lipinski definition) is 3. The van der Waals surface area contributed by atoms with Crippen LogP contribution in [0.25, 0.3) is 0 Å². The number of nitrogens with one attached hydrogen (secondary N) is 2. The molecule has 2 rings (SSSR count). The van der Waals surface area contributed by atoms with Gasteiger partial charge in [-0.15, -0.1) is 0 Å². The van der Waals surface area contributed by atoms with Gasteiger partial charge >= 0.3 is 5.97 Å². The third-order valence-corrected chi connectivity index (χ3v) is 3.98. The van der Waals surface area contributed by atoms with E-state index in [1.165, 1.54) is 5.56 Å². The first-order valence-electron chi connectivity index (χ1n) is 7.57. The van der Waals surface area contributed by atoms with Crippen LogP contribution in [0.5, 0.6) is 5.75 Å². The molecule has 1 aliphatic rings. The maximum absolute atomic E-state index is 11.2. The van der Waals surface area contributed by atoms with Crippen LogP contribution < -0.4 is 15.4 Å². The molecule has 2 unspecified atom stereocenters. The number of anilines is 1. The lowest BCUT2D eigenvalue weighted by atomic mass is 9.99. The summed E-state index contributed by atoms with van der Waals surface area (Å²) < 4.78 is 5.54. The number of ether oxygens (including phenoxy) is 1. The van der Waals surface area contributed by atoms with Gasteiger partial charge in [-0.25, -0.2) is 0 Å². The second-order valence-corrected chi connectivity index (χ2v) is 5.51. The Kier molecular flexibility index (Phi) is 5.44. The Morgan fingerprint density at radius 2 is 2.33 bits per heavy atom. The zero-order valence-corrected chi connectivity index (χ0v) is 12.7. The molecule has 5 heteroatoms. The number of rotatable bonds is 7. The minimum atomic E-state index is -0.773. The van der Waals surface area contributed by atoms with Gasteiger partial charge in [0, 0.05) is 6.54 Å². The highest BCUT2D eigenvalue weighted by molar-refractivity contribution is 5.73. The number of hydrogen-bond acceptors (Lipinski definition) is 4. The first-order chi connectivity index (χ1) is 10.1. The van der Waals surface area contributed by atoms with Crippen LogP contribution >= 0.6 is 0 Å². The third-order valence-electron chi connectivity index (χ3n) is 3.98. The molecule has 0 saturated heterocycles. The van der Waals surface area contributed by atoms with E-state index in [9.17, 15) is 9.90 Å². The van der Waals surface area contributed by atoms with E-state index in [2.05, 4.69) is 16.7 Å². The Hall–Kier alpha value is -1.75. The molecule has 1 aromatic rings. The number of carbonyl (C=O) groups is 1. The third kappa shape index (κ3) is 4.11. The molecule has 0 bridgehead atoms. The van der Waals surface area contributed by atoms with Crippen molar-refractivity contribution in [1.29, 1.82) is 0 Å². The molecule has 1 heterocycles. The Morgan fingerprint density at radius 3 is 3.05 bits per heavy atom. The van der Waals surface area contributed by atoms with Crippen LogP contribution in [0.2, 0.25) is 0 Å². The fraction of sp³-hybridized carbons (Fsp3) is 0.562. The predicted octanol–water partition coefficient (Wildman–Crippen LogP) is 2.12. The van der Waals surface area contributed by atoms with Crippen molar-refractivity contribution in [3.63, 3.8) is 0 Å². The second kappa shape index (κ2) is 7.31. The highest BCUT2D eigenvalue weighted by Crippen LogP contribution is 2.28. The topological polar surface area (TPSA) is 70.6 Å². The summed E-state index contributed by atoms with van der Waals surface area (Å²) in [5.74, 6) is 0.243. The van der Waals surface area contributed by atoms with Crippen LogP contribution in [0.15, 0.2) is 18.2 Å². The van der Waals surface area contributed by atoms with Crippen LogP contribution in [0.1, 0.15) is 25.8 Å². The molecule has 0 saturated carbocycles. The molecule has 0 aliphatic carbocycles. The number of aliphatic carboxylic acids is 1. The van der Waals surface area contributed by atoms with Crippen molar-refractivity contribution in [3.8, 4) is 5.75 Å². The summed E-state index contributed by atoms with van der Waals surface area (Å²) in [5.41, 5.74) is 2.20. The summed E-state index contributed by atoms with van der Waals surface area (Å²) in [6.45, 7) is 6.15. The number of benzene rings is 1. The van der Waals surface area contributed by atoms with Crippen LogP contribution in [-0.4, -0.2) is 36.8 Å². The van der Waals surface area contributed by atoms with E-state index < -0.39 is 12.0 Å². The molecular weight excluding hydrogens is 268 g/mol. The van der Waals surface area contributed by atoms with E-state index in [1.54, 1.807) is 0 Å². The molecule has 0 fully saturated rings. The van der Waals surface area contributed by atoms with Gasteiger partial charge in [-0.2, -0.15) is 0 Å². The van der Waals surface area contributed by atoms with E-state index in [0.717, 1.165) is 30.8 Å². The van der Waals surface area contributed by atoms with Gasteiger partial charge in [0.25, 0.3) is 0 Å². The van der Waals surface area contributed by atoms with E-state index in [1.807, 2.05) is 26.0 Å². The van der Waals surface area contributed by atoms with Crippen molar-refractivity contribution >= 4 is 11.7 Å². The Labute approximate surface area is 125 Å². The van der Waals surface area contributed by atoms with Gasteiger partial charge in [0.1, 0.15) is 18.4 Å². The Balaban J connectivity index is 1.89. The van der Waals surface area contributed by atoms with E-state index in [4.69, 9.17) is 4.74 Å². The van der Waals surface area contributed by atoms with E-state index in [0.29, 0.717) is 13.2 Å². The van der Waals surface area contributed by atoms with Gasteiger partial charge in [-0.1, -0.05) is 26.3 Å². The maximum atomic E-state index is 11.2. The molecule has 2 atom stereocenters. The molecule has 0 amide bonds. The second-order valence-electron chi connectivity index (χ2n) is 5.51. The fourth-order valence-electron chi connectivity index (χ4n) is 2.48. The van der Waals surface area contributed by atoms with Crippen molar-refractivity contribution in [1.82, 2.24) is 5.32 Å². The lowest BCUT2D eigenvalue weighted by Gasteiger charge is -2.21. The van der Waals surface area contributed by atoms with Crippen molar-refractivity contribution in [3.05, 3.63) is 23.8 Å². The van der Waals surface area contributed by atoms with Crippen molar-refractivity contribution < 1.29 is 14.6 Å². The molecule has 0 spiro atoms. The maximum Gasteiger partial charge on any atom is 0.320 e. The monoisotopic (exact) mass is 292 g/mol. The number of carboxylic acids is 1. The highest BCUT2D eigenvalue weighted by Gasteiger charge is 2.22. The largest absolute Gasteiger partial charge is 0.490 e. The normalized spacial score (nSPS) is 16.3. The molecule has 3 N–H and O–H groups in total. The SMILES string of the molecule is CCC(C)C(NCCc1ccc2c(c1)NCCO2)C(=O)O. The highest BCUT2D eigenvalue weighted by atomic mass is 16.5. The standard InChI is InChI=1S/C16H24N2O3/c1-3-11(2)15(16(19)20)18-7-6-12-4-5-14-13(10-12)17-8-9-21-14/h4-5,10-11,15,17-18H,3,6-9H2,1-2H3,(H,19,20). The van der Waals surface area contributed by atoms with Gasteiger partial charge in [0.15, 0.2) is 0 Å². The summed E-state index contributed by atoms with van der Waals surface area (Å²) in [5, 5.41) is 15.7. The molecular formula is C16H24N2O3. The van der Waals surface area contributed by atoms with E-state index >= 15 is 0 Å². The summed E-state index contributed by atoms with van der Waals surface area (Å²) in [6.07, 6.45) is 1.65.